The van der Waals surface area contributed by atoms with Crippen molar-refractivity contribution in [3.8, 4) is 23.0 Å². The van der Waals surface area contributed by atoms with E-state index in [2.05, 4.69) is 14.8 Å². The molecule has 2 fully saturated rings. The van der Waals surface area contributed by atoms with E-state index in [1.165, 1.54) is 12.1 Å². The first-order valence-electron chi connectivity index (χ1n) is 16.0. The Balaban J connectivity index is 1.38. The molecular formula is C34H39F2N5O3. The third-order valence-electron chi connectivity index (χ3n) is 9.70. The van der Waals surface area contributed by atoms with Crippen molar-refractivity contribution in [2.45, 2.75) is 64.3 Å². The van der Waals surface area contributed by atoms with Crippen molar-refractivity contribution in [3.05, 3.63) is 47.2 Å². The zero-order valence-corrected chi connectivity index (χ0v) is 25.5. The van der Waals surface area contributed by atoms with Crippen LogP contribution < -0.4 is 9.64 Å². The lowest BCUT2D eigenvalue weighted by Crippen LogP contribution is -2.43. The molecule has 0 spiro atoms. The lowest BCUT2D eigenvalue weighted by atomic mass is 9.94. The average Bonchev–Trinajstić information content (AvgIpc) is 3.61. The van der Waals surface area contributed by atoms with Gasteiger partial charge >= 0.3 is 6.01 Å². The van der Waals surface area contributed by atoms with Gasteiger partial charge in [-0.1, -0.05) is 13.0 Å². The van der Waals surface area contributed by atoms with E-state index in [4.69, 9.17) is 19.4 Å². The number of halogens is 2. The summed E-state index contributed by atoms with van der Waals surface area (Å²) in [5.41, 5.74) is 1.66. The molecule has 8 nitrogen and oxygen atoms in total. The Labute approximate surface area is 256 Å². The van der Waals surface area contributed by atoms with Crippen LogP contribution in [0.2, 0.25) is 0 Å². The molecule has 10 heteroatoms. The molecule has 1 N–H and O–H groups in total. The molecule has 0 bridgehead atoms. The molecule has 2 aromatic heterocycles. The smallest absolute Gasteiger partial charge is 0.319 e. The van der Waals surface area contributed by atoms with E-state index in [1.807, 2.05) is 13.8 Å². The zero-order chi connectivity index (χ0) is 30.4. The lowest BCUT2D eigenvalue weighted by molar-refractivity contribution is 0.108. The second-order valence-corrected chi connectivity index (χ2v) is 12.2. The van der Waals surface area contributed by atoms with Gasteiger partial charge in [0.05, 0.1) is 16.6 Å². The first-order valence-corrected chi connectivity index (χ1v) is 16.0. The van der Waals surface area contributed by atoms with Crippen LogP contribution in [0.25, 0.3) is 32.9 Å². The number of hydrogen-bond acceptors (Lipinski definition) is 8. The van der Waals surface area contributed by atoms with Gasteiger partial charge in [0.25, 0.3) is 0 Å². The summed E-state index contributed by atoms with van der Waals surface area (Å²) in [5, 5.41) is 12.4. The van der Waals surface area contributed by atoms with Crippen LogP contribution in [0.5, 0.6) is 11.8 Å². The van der Waals surface area contributed by atoms with Gasteiger partial charge in [0.15, 0.2) is 5.82 Å². The van der Waals surface area contributed by atoms with Gasteiger partial charge in [-0.2, -0.15) is 9.97 Å². The summed E-state index contributed by atoms with van der Waals surface area (Å²) in [6.45, 7) is 9.08. The van der Waals surface area contributed by atoms with Gasteiger partial charge in [-0.25, -0.2) is 13.8 Å². The number of hydrogen-bond donors (Lipinski definition) is 1. The number of aryl methyl sites for hydroxylation is 1. The number of benzene rings is 2. The highest BCUT2D eigenvalue weighted by molar-refractivity contribution is 6.02. The SMILES string of the molecule is CCOCCCN1CCc2nc(-c3cc(O)cc4ccc(F)c(CC)c34)c(F)c3nc(OCC45CCCN4CCC5)nc1c23. The van der Waals surface area contributed by atoms with Gasteiger partial charge in [0.2, 0.25) is 0 Å². The molecule has 0 amide bonds. The quantitative estimate of drug-likeness (QED) is 0.215. The van der Waals surface area contributed by atoms with Gasteiger partial charge in [0, 0.05) is 38.3 Å². The molecule has 2 aromatic carbocycles. The summed E-state index contributed by atoms with van der Waals surface area (Å²) in [6.07, 6.45) is 6.21. The molecule has 5 heterocycles. The highest BCUT2D eigenvalue weighted by Gasteiger charge is 2.45. The number of pyridine rings is 1. The Morgan fingerprint density at radius 2 is 1.82 bits per heavy atom. The van der Waals surface area contributed by atoms with E-state index < -0.39 is 5.82 Å². The summed E-state index contributed by atoms with van der Waals surface area (Å²) >= 11 is 0. The van der Waals surface area contributed by atoms with Crippen LogP contribution in [0.1, 0.15) is 57.2 Å². The maximum atomic E-state index is 16.9. The second-order valence-electron chi connectivity index (χ2n) is 12.2. The predicted octanol–water partition coefficient (Wildman–Crippen LogP) is 6.19. The van der Waals surface area contributed by atoms with E-state index in [-0.39, 0.29) is 34.3 Å². The molecule has 0 atom stereocenters. The van der Waals surface area contributed by atoms with E-state index >= 15 is 4.39 Å². The highest BCUT2D eigenvalue weighted by Crippen LogP contribution is 2.42. The van der Waals surface area contributed by atoms with E-state index in [1.54, 1.807) is 12.1 Å². The van der Waals surface area contributed by atoms with Crippen LogP contribution in [0.15, 0.2) is 24.3 Å². The highest BCUT2D eigenvalue weighted by atomic mass is 19.1. The Kier molecular flexibility index (Phi) is 7.74. The van der Waals surface area contributed by atoms with Crippen molar-refractivity contribution >= 4 is 27.5 Å². The predicted molar refractivity (Wildman–Crippen MR) is 167 cm³/mol. The summed E-state index contributed by atoms with van der Waals surface area (Å²) in [6, 6.07) is 6.19. The largest absolute Gasteiger partial charge is 0.508 e. The van der Waals surface area contributed by atoms with Crippen molar-refractivity contribution in [2.24, 2.45) is 0 Å². The Bertz CT molecular complexity index is 1720. The number of rotatable bonds is 10. The number of ether oxygens (including phenoxy) is 2. The molecule has 44 heavy (non-hydrogen) atoms. The van der Waals surface area contributed by atoms with Gasteiger partial charge < -0.3 is 19.5 Å². The number of phenols is 1. The average molecular weight is 604 g/mol. The molecule has 0 aliphatic carbocycles. The Morgan fingerprint density at radius 1 is 1.00 bits per heavy atom. The first-order chi connectivity index (χ1) is 21.4. The third kappa shape index (κ3) is 4.92. The minimum absolute atomic E-state index is 0.0130. The van der Waals surface area contributed by atoms with Crippen LogP contribution in [0.3, 0.4) is 0 Å². The van der Waals surface area contributed by atoms with Crippen LogP contribution >= 0.6 is 0 Å². The monoisotopic (exact) mass is 603 g/mol. The van der Waals surface area contributed by atoms with E-state index in [9.17, 15) is 9.50 Å². The minimum atomic E-state index is -0.631. The van der Waals surface area contributed by atoms with Crippen molar-refractivity contribution in [3.63, 3.8) is 0 Å². The topological polar surface area (TPSA) is 83.8 Å². The van der Waals surface area contributed by atoms with Crippen LogP contribution in [-0.4, -0.2) is 76.5 Å². The molecule has 0 saturated carbocycles. The summed E-state index contributed by atoms with van der Waals surface area (Å²) in [4.78, 5) is 19.0. The summed E-state index contributed by atoms with van der Waals surface area (Å²) in [5.74, 6) is -0.423. The maximum absolute atomic E-state index is 16.9. The number of fused-ring (bicyclic) bond motifs is 2. The van der Waals surface area contributed by atoms with Crippen molar-refractivity contribution in [1.29, 1.82) is 0 Å². The molecule has 3 aliphatic heterocycles. The van der Waals surface area contributed by atoms with E-state index in [0.29, 0.717) is 84.5 Å². The van der Waals surface area contributed by atoms with Crippen LogP contribution in [0.4, 0.5) is 14.6 Å². The third-order valence-corrected chi connectivity index (χ3v) is 9.70. The normalized spacial score (nSPS) is 17.6. The van der Waals surface area contributed by atoms with Crippen LogP contribution in [-0.2, 0) is 17.6 Å². The van der Waals surface area contributed by atoms with Gasteiger partial charge in [0.1, 0.15) is 35.2 Å². The number of aromatic hydroxyl groups is 1. The van der Waals surface area contributed by atoms with Crippen molar-refractivity contribution in [1.82, 2.24) is 19.9 Å². The van der Waals surface area contributed by atoms with Crippen LogP contribution in [0, 0.1) is 11.6 Å². The fraction of sp³-hybridized carbons (Fsp3) is 0.500. The fourth-order valence-corrected chi connectivity index (χ4v) is 7.62. The molecule has 3 aliphatic rings. The maximum Gasteiger partial charge on any atom is 0.319 e. The molecule has 7 rings (SSSR count). The second kappa shape index (κ2) is 11.7. The lowest BCUT2D eigenvalue weighted by Gasteiger charge is -2.32. The van der Waals surface area contributed by atoms with Gasteiger partial charge in [-0.15, -0.1) is 0 Å². The van der Waals surface area contributed by atoms with Crippen molar-refractivity contribution < 1.29 is 23.4 Å². The minimum Gasteiger partial charge on any atom is -0.508 e. The summed E-state index contributed by atoms with van der Waals surface area (Å²) in [7, 11) is 0. The number of nitrogens with zero attached hydrogens (tertiary/aromatic N) is 5. The standard InChI is InChI=1S/C34H39F2N5O3/c1-3-23-25(35)9-8-21-18-22(42)19-24(27(21)23)30-29(36)31-28-26(37-30)10-16-40(13-7-17-43-4-2)32(28)39-33(38-31)44-20-34-11-5-14-41(34)15-6-12-34/h8-9,18-19,42H,3-7,10-17,20H2,1-2H3. The Hall–Kier alpha value is -3.63. The molecular weight excluding hydrogens is 564 g/mol. The number of anilines is 1. The molecule has 232 valence electrons. The Morgan fingerprint density at radius 3 is 2.59 bits per heavy atom. The molecule has 2 saturated heterocycles. The van der Waals surface area contributed by atoms with E-state index in [0.717, 1.165) is 45.2 Å². The molecule has 0 radical (unpaired) electrons. The van der Waals surface area contributed by atoms with Gasteiger partial charge in [-0.3, -0.25) is 4.90 Å². The fourth-order valence-electron chi connectivity index (χ4n) is 7.62. The number of aromatic nitrogens is 3. The zero-order valence-electron chi connectivity index (χ0n) is 25.5. The summed E-state index contributed by atoms with van der Waals surface area (Å²) < 4.78 is 43.8. The molecule has 4 aromatic rings. The van der Waals surface area contributed by atoms with Gasteiger partial charge in [-0.05, 0) is 93.1 Å². The molecule has 0 unspecified atom stereocenters. The first kappa shape index (κ1) is 29.1. The van der Waals surface area contributed by atoms with Crippen molar-refractivity contribution in [2.75, 3.05) is 50.9 Å². The number of phenolic OH excluding ortho intramolecular Hbond substituents is 1.